The van der Waals surface area contributed by atoms with E-state index >= 15 is 0 Å². The van der Waals surface area contributed by atoms with Crippen molar-refractivity contribution in [1.82, 2.24) is 9.80 Å². The first-order chi connectivity index (χ1) is 11.7. The third kappa shape index (κ3) is 5.18. The number of benzene rings is 1. The molecule has 24 heavy (non-hydrogen) atoms. The summed E-state index contributed by atoms with van der Waals surface area (Å²) in [5.41, 5.74) is 1.21. The summed E-state index contributed by atoms with van der Waals surface area (Å²) in [7, 11) is 0. The lowest BCUT2D eigenvalue weighted by Gasteiger charge is -2.34. The summed E-state index contributed by atoms with van der Waals surface area (Å²) in [6.07, 6.45) is 2.31. The Morgan fingerprint density at radius 2 is 2.12 bits per heavy atom. The Hall–Kier alpha value is -1.14. The Morgan fingerprint density at radius 1 is 1.29 bits per heavy atom. The quantitative estimate of drug-likeness (QED) is 0.787. The summed E-state index contributed by atoms with van der Waals surface area (Å²) in [5.74, 6) is 0.0791. The van der Waals surface area contributed by atoms with Gasteiger partial charge in [-0.25, -0.2) is 0 Å². The second kappa shape index (κ2) is 8.81. The lowest BCUT2D eigenvalue weighted by molar-refractivity contribution is -0.139. The molecule has 1 aromatic rings. The van der Waals surface area contributed by atoms with Crippen molar-refractivity contribution in [3.8, 4) is 0 Å². The predicted octanol–water partition coefficient (Wildman–Crippen LogP) is 2.18. The smallest absolute Gasteiger partial charge is 0.248 e. The van der Waals surface area contributed by atoms with Crippen LogP contribution in [0.15, 0.2) is 24.3 Å². The van der Waals surface area contributed by atoms with Crippen molar-refractivity contribution in [2.24, 2.45) is 0 Å². The van der Waals surface area contributed by atoms with Crippen molar-refractivity contribution >= 4 is 17.5 Å². The molecule has 2 aliphatic rings. The van der Waals surface area contributed by atoms with Crippen LogP contribution >= 0.6 is 11.6 Å². The Kier molecular flexibility index (Phi) is 6.49. The molecule has 0 aliphatic carbocycles. The van der Waals surface area contributed by atoms with E-state index in [1.807, 2.05) is 23.1 Å². The Labute approximate surface area is 148 Å². The molecule has 0 bridgehead atoms. The lowest BCUT2D eigenvalue weighted by Crippen LogP contribution is -2.49. The van der Waals surface area contributed by atoms with Crippen LogP contribution in [-0.2, 0) is 20.8 Å². The van der Waals surface area contributed by atoms with Crippen molar-refractivity contribution in [1.29, 1.82) is 0 Å². The third-order valence-electron chi connectivity index (χ3n) is 4.57. The van der Waals surface area contributed by atoms with E-state index in [1.165, 1.54) is 5.56 Å². The van der Waals surface area contributed by atoms with Gasteiger partial charge in [0.05, 0.1) is 12.7 Å². The Morgan fingerprint density at radius 3 is 2.83 bits per heavy atom. The van der Waals surface area contributed by atoms with Crippen molar-refractivity contribution in [3.63, 3.8) is 0 Å². The first-order valence-corrected chi connectivity index (χ1v) is 9.02. The highest BCUT2D eigenvalue weighted by Gasteiger charge is 2.22. The number of amides is 1. The molecule has 0 spiro atoms. The minimum absolute atomic E-state index is 0.0791. The topological polar surface area (TPSA) is 42.0 Å². The molecular formula is C18H25ClN2O3. The first-order valence-electron chi connectivity index (χ1n) is 8.64. The molecule has 2 aliphatic heterocycles. The molecule has 2 fully saturated rings. The molecule has 0 saturated carbocycles. The van der Waals surface area contributed by atoms with Crippen LogP contribution in [0.5, 0.6) is 0 Å². The summed E-state index contributed by atoms with van der Waals surface area (Å²) in [6, 6.07) is 7.95. The van der Waals surface area contributed by atoms with Gasteiger partial charge in [-0.3, -0.25) is 9.69 Å². The monoisotopic (exact) mass is 352 g/mol. The number of nitrogens with zero attached hydrogens (tertiary/aromatic N) is 2. The summed E-state index contributed by atoms with van der Waals surface area (Å²) in [4.78, 5) is 16.4. The second-order valence-corrected chi connectivity index (χ2v) is 6.87. The summed E-state index contributed by atoms with van der Waals surface area (Å²) in [6.45, 7) is 5.64. The number of halogens is 1. The molecule has 0 aromatic heterocycles. The van der Waals surface area contributed by atoms with E-state index in [1.54, 1.807) is 0 Å². The molecule has 2 saturated heterocycles. The van der Waals surface area contributed by atoms with Gasteiger partial charge in [-0.2, -0.15) is 0 Å². The van der Waals surface area contributed by atoms with Gasteiger partial charge in [0.15, 0.2) is 0 Å². The van der Waals surface area contributed by atoms with Gasteiger partial charge in [-0.1, -0.05) is 23.7 Å². The average Bonchev–Trinajstić information content (AvgIpc) is 3.09. The van der Waals surface area contributed by atoms with Crippen molar-refractivity contribution in [2.45, 2.75) is 25.5 Å². The Balaban J connectivity index is 1.35. The number of hydrogen-bond acceptors (Lipinski definition) is 4. The van der Waals surface area contributed by atoms with Crippen molar-refractivity contribution in [3.05, 3.63) is 34.9 Å². The van der Waals surface area contributed by atoms with E-state index in [-0.39, 0.29) is 18.6 Å². The molecule has 5 nitrogen and oxygen atoms in total. The fourth-order valence-corrected chi connectivity index (χ4v) is 3.41. The van der Waals surface area contributed by atoms with Crippen LogP contribution in [0, 0.1) is 0 Å². The number of hydrogen-bond donors (Lipinski definition) is 0. The van der Waals surface area contributed by atoms with Crippen molar-refractivity contribution < 1.29 is 14.3 Å². The first kappa shape index (κ1) is 17.7. The van der Waals surface area contributed by atoms with Gasteiger partial charge in [-0.05, 0) is 30.5 Å². The Bertz CT molecular complexity index is 541. The maximum atomic E-state index is 12.2. The molecule has 1 unspecified atom stereocenters. The zero-order chi connectivity index (χ0) is 16.8. The zero-order valence-electron chi connectivity index (χ0n) is 14.0. The zero-order valence-corrected chi connectivity index (χ0v) is 14.7. The summed E-state index contributed by atoms with van der Waals surface area (Å²) >= 11 is 6.03. The highest BCUT2D eigenvalue weighted by atomic mass is 35.5. The van der Waals surface area contributed by atoms with Crippen molar-refractivity contribution in [2.75, 3.05) is 46.0 Å². The van der Waals surface area contributed by atoms with Crippen LogP contribution in [0.1, 0.15) is 18.4 Å². The number of piperazine rings is 1. The number of carbonyl (C=O) groups is 1. The van der Waals surface area contributed by atoms with Gasteiger partial charge in [0.2, 0.25) is 5.91 Å². The SMILES string of the molecule is O=C(COCC1CCCO1)N1CCN(Cc2cccc(Cl)c2)CC1. The van der Waals surface area contributed by atoms with Gasteiger partial charge >= 0.3 is 0 Å². The molecule has 1 aromatic carbocycles. The molecule has 6 heteroatoms. The van der Waals surface area contributed by atoms with Crippen LogP contribution in [0.4, 0.5) is 0 Å². The molecular weight excluding hydrogens is 328 g/mol. The van der Waals surface area contributed by atoms with E-state index < -0.39 is 0 Å². The molecule has 1 atom stereocenters. The van der Waals surface area contributed by atoms with E-state index in [0.717, 1.165) is 57.2 Å². The molecule has 132 valence electrons. The summed E-state index contributed by atoms with van der Waals surface area (Å²) < 4.78 is 11.0. The molecule has 2 heterocycles. The number of ether oxygens (including phenoxy) is 2. The lowest BCUT2D eigenvalue weighted by atomic mass is 10.2. The van der Waals surface area contributed by atoms with Crippen LogP contribution < -0.4 is 0 Å². The highest BCUT2D eigenvalue weighted by Crippen LogP contribution is 2.14. The normalized spacial score (nSPS) is 22.0. The van der Waals surface area contributed by atoms with Crippen LogP contribution in [0.2, 0.25) is 5.02 Å². The fourth-order valence-electron chi connectivity index (χ4n) is 3.19. The van der Waals surface area contributed by atoms with E-state index in [0.29, 0.717) is 6.61 Å². The predicted molar refractivity (Wildman–Crippen MR) is 93.1 cm³/mol. The maximum Gasteiger partial charge on any atom is 0.248 e. The molecule has 1 amide bonds. The third-order valence-corrected chi connectivity index (χ3v) is 4.81. The average molecular weight is 353 g/mol. The standard InChI is InChI=1S/C18H25ClN2O3/c19-16-4-1-3-15(11-16)12-20-6-8-21(9-7-20)18(22)14-23-13-17-5-2-10-24-17/h1,3-4,11,17H,2,5-10,12-14H2. The molecule has 0 N–H and O–H groups in total. The largest absolute Gasteiger partial charge is 0.376 e. The molecule has 0 radical (unpaired) electrons. The van der Waals surface area contributed by atoms with E-state index in [4.69, 9.17) is 21.1 Å². The summed E-state index contributed by atoms with van der Waals surface area (Å²) in [5, 5.41) is 0.768. The maximum absolute atomic E-state index is 12.2. The van der Waals surface area contributed by atoms with Crippen LogP contribution in [0.25, 0.3) is 0 Å². The second-order valence-electron chi connectivity index (χ2n) is 6.44. The van der Waals surface area contributed by atoms with Crippen LogP contribution in [0.3, 0.4) is 0 Å². The van der Waals surface area contributed by atoms with Crippen LogP contribution in [-0.4, -0.2) is 67.8 Å². The molecule has 3 rings (SSSR count). The van der Waals surface area contributed by atoms with Gasteiger partial charge in [0.25, 0.3) is 0 Å². The van der Waals surface area contributed by atoms with Gasteiger partial charge < -0.3 is 14.4 Å². The van der Waals surface area contributed by atoms with E-state index in [9.17, 15) is 4.79 Å². The van der Waals surface area contributed by atoms with Gasteiger partial charge in [0, 0.05) is 44.4 Å². The number of carbonyl (C=O) groups excluding carboxylic acids is 1. The number of rotatable bonds is 6. The van der Waals surface area contributed by atoms with Gasteiger partial charge in [-0.15, -0.1) is 0 Å². The van der Waals surface area contributed by atoms with Gasteiger partial charge in [0.1, 0.15) is 6.61 Å². The minimum Gasteiger partial charge on any atom is -0.376 e. The minimum atomic E-state index is 0.0791. The highest BCUT2D eigenvalue weighted by molar-refractivity contribution is 6.30. The van der Waals surface area contributed by atoms with E-state index in [2.05, 4.69) is 11.0 Å². The fraction of sp³-hybridized carbons (Fsp3) is 0.611.